The number of fused-ring (bicyclic) bond motifs is 1. The molecule has 1 aromatic heterocycles. The number of likely N-dealkylation sites (tertiary alicyclic amines) is 1. The lowest BCUT2D eigenvalue weighted by atomic mass is 9.89. The molecule has 0 unspecified atom stereocenters. The molecule has 0 atom stereocenters. The number of aryl methyl sites for hydroxylation is 1. The van der Waals surface area contributed by atoms with E-state index in [4.69, 9.17) is 4.74 Å². The zero-order chi connectivity index (χ0) is 29.1. The average molecular weight is 561 g/mol. The van der Waals surface area contributed by atoms with Crippen molar-refractivity contribution in [1.29, 1.82) is 0 Å². The fourth-order valence-corrected chi connectivity index (χ4v) is 5.63. The molecule has 2 amide bonds. The molecule has 8 nitrogen and oxygen atoms in total. The van der Waals surface area contributed by atoms with E-state index < -0.39 is 0 Å². The maximum Gasteiger partial charge on any atom is 0.329 e. The van der Waals surface area contributed by atoms with Crippen LogP contribution in [0.15, 0.2) is 108 Å². The Kier molecular flexibility index (Phi) is 7.60. The quantitative estimate of drug-likeness (QED) is 0.273. The van der Waals surface area contributed by atoms with Gasteiger partial charge in [-0.3, -0.25) is 18.7 Å². The Balaban J connectivity index is 1.05. The Hall–Kier alpha value is -5.11. The number of rotatable bonds is 7. The van der Waals surface area contributed by atoms with Crippen molar-refractivity contribution in [2.75, 3.05) is 18.4 Å². The lowest BCUT2D eigenvalue weighted by Crippen LogP contribution is -2.38. The molecule has 42 heavy (non-hydrogen) atoms. The zero-order valence-electron chi connectivity index (χ0n) is 23.4. The summed E-state index contributed by atoms with van der Waals surface area (Å²) in [5, 5.41) is 2.91. The number of ether oxygens (including phenoxy) is 1. The number of anilines is 1. The number of carbonyl (C=O) groups excluding carboxylic acids is 2. The number of carbonyl (C=O) groups is 2. The molecule has 0 spiro atoms. The van der Waals surface area contributed by atoms with Gasteiger partial charge in [0.15, 0.2) is 0 Å². The smallest absolute Gasteiger partial charge is 0.329 e. The van der Waals surface area contributed by atoms with Crippen LogP contribution in [-0.2, 0) is 18.4 Å². The fourth-order valence-electron chi connectivity index (χ4n) is 5.63. The molecule has 5 aromatic rings. The van der Waals surface area contributed by atoms with Crippen molar-refractivity contribution in [1.82, 2.24) is 14.0 Å². The van der Waals surface area contributed by atoms with Gasteiger partial charge in [0.2, 0.25) is 5.91 Å². The molecule has 1 saturated heterocycles. The Morgan fingerprint density at radius 1 is 0.810 bits per heavy atom. The highest BCUT2D eigenvalue weighted by Gasteiger charge is 2.26. The number of piperidine rings is 1. The number of nitrogens with zero attached hydrogens (tertiary/aromatic N) is 3. The largest absolute Gasteiger partial charge is 0.457 e. The van der Waals surface area contributed by atoms with Crippen molar-refractivity contribution < 1.29 is 14.3 Å². The van der Waals surface area contributed by atoms with E-state index in [1.165, 1.54) is 10.1 Å². The van der Waals surface area contributed by atoms with E-state index >= 15 is 0 Å². The van der Waals surface area contributed by atoms with Gasteiger partial charge in [-0.1, -0.05) is 54.6 Å². The Morgan fingerprint density at radius 2 is 1.45 bits per heavy atom. The Labute approximate surface area is 243 Å². The van der Waals surface area contributed by atoms with E-state index in [2.05, 4.69) is 5.32 Å². The summed E-state index contributed by atoms with van der Waals surface area (Å²) in [6.45, 7) is 1.25. The Bertz CT molecular complexity index is 1780. The lowest BCUT2D eigenvalue weighted by molar-refractivity contribution is -0.116. The van der Waals surface area contributed by atoms with Crippen LogP contribution in [0.5, 0.6) is 11.5 Å². The van der Waals surface area contributed by atoms with Gasteiger partial charge < -0.3 is 15.0 Å². The van der Waals surface area contributed by atoms with E-state index in [1.54, 1.807) is 11.6 Å². The number of nitrogens with one attached hydrogen (secondary N) is 1. The molecule has 0 bridgehead atoms. The first-order valence-corrected chi connectivity index (χ1v) is 14.1. The molecule has 212 valence electrons. The summed E-state index contributed by atoms with van der Waals surface area (Å²) in [6.07, 6.45) is 1.70. The highest BCUT2D eigenvalue weighted by molar-refractivity contribution is 5.97. The minimum atomic E-state index is -0.260. The van der Waals surface area contributed by atoms with Crippen LogP contribution in [0.25, 0.3) is 11.0 Å². The number of hydrogen-bond donors (Lipinski definition) is 1. The highest BCUT2D eigenvalue weighted by Crippen LogP contribution is 2.31. The number of aromatic nitrogens is 2. The predicted octanol–water partition coefficient (Wildman–Crippen LogP) is 5.79. The molecular formula is C34H32N4O4. The maximum atomic E-state index is 13.4. The van der Waals surface area contributed by atoms with Crippen molar-refractivity contribution >= 4 is 28.5 Å². The van der Waals surface area contributed by atoms with E-state index in [0.29, 0.717) is 41.8 Å². The molecule has 6 rings (SSSR count). The predicted molar refractivity (Wildman–Crippen MR) is 163 cm³/mol. The van der Waals surface area contributed by atoms with Crippen LogP contribution in [0, 0.1) is 0 Å². The zero-order valence-corrected chi connectivity index (χ0v) is 23.4. The van der Waals surface area contributed by atoms with Crippen LogP contribution in [0.2, 0.25) is 0 Å². The molecule has 1 aliphatic heterocycles. The summed E-state index contributed by atoms with van der Waals surface area (Å²) < 4.78 is 9.05. The van der Waals surface area contributed by atoms with Gasteiger partial charge in [-0.25, -0.2) is 4.79 Å². The standard InChI is InChI=1S/C34H32N4O4/c1-36-29-12-6-7-13-30(29)38(34(36)41)23-32(39)35-26-17-15-24(16-18-26)25-19-21-37(22-20-25)33(40)28-11-5-8-14-31(28)42-27-9-3-2-4-10-27/h2-18,25H,19-23H2,1H3,(H,35,39). The van der Waals surface area contributed by atoms with Crippen LogP contribution < -0.4 is 15.7 Å². The normalized spacial score (nSPS) is 13.7. The first-order chi connectivity index (χ1) is 20.5. The van der Waals surface area contributed by atoms with Crippen LogP contribution >= 0.6 is 0 Å². The maximum absolute atomic E-state index is 13.4. The second-order valence-corrected chi connectivity index (χ2v) is 10.6. The molecule has 1 N–H and O–H groups in total. The number of amides is 2. The first kappa shape index (κ1) is 27.1. The molecule has 0 radical (unpaired) electrons. The average Bonchev–Trinajstić information content (AvgIpc) is 3.27. The monoisotopic (exact) mass is 560 g/mol. The third-order valence-corrected chi connectivity index (χ3v) is 7.89. The molecule has 0 aliphatic carbocycles. The van der Waals surface area contributed by atoms with Gasteiger partial charge in [-0.05, 0) is 72.9 Å². The fraction of sp³-hybridized carbons (Fsp3) is 0.206. The summed E-state index contributed by atoms with van der Waals surface area (Å²) in [6, 6.07) is 32.1. The van der Waals surface area contributed by atoms with Gasteiger partial charge in [-0.2, -0.15) is 0 Å². The summed E-state index contributed by atoms with van der Waals surface area (Å²) in [7, 11) is 1.71. The van der Waals surface area contributed by atoms with E-state index in [9.17, 15) is 14.4 Å². The number of hydrogen-bond acceptors (Lipinski definition) is 4. The second-order valence-electron chi connectivity index (χ2n) is 10.6. The minimum absolute atomic E-state index is 0.0247. The highest BCUT2D eigenvalue weighted by atomic mass is 16.5. The van der Waals surface area contributed by atoms with Crippen molar-refractivity contribution in [2.45, 2.75) is 25.3 Å². The topological polar surface area (TPSA) is 85.6 Å². The van der Waals surface area contributed by atoms with Crippen LogP contribution in [0.4, 0.5) is 5.69 Å². The van der Waals surface area contributed by atoms with Gasteiger partial charge in [0.05, 0.1) is 16.6 Å². The van der Waals surface area contributed by atoms with Gasteiger partial charge in [0, 0.05) is 25.8 Å². The summed E-state index contributed by atoms with van der Waals surface area (Å²) >= 11 is 0. The number of imidazole rings is 1. The molecule has 1 fully saturated rings. The van der Waals surface area contributed by atoms with Gasteiger partial charge in [-0.15, -0.1) is 0 Å². The Morgan fingerprint density at radius 3 is 2.19 bits per heavy atom. The molecular weight excluding hydrogens is 528 g/mol. The molecule has 8 heteroatoms. The third kappa shape index (κ3) is 5.56. The third-order valence-electron chi connectivity index (χ3n) is 7.89. The van der Waals surface area contributed by atoms with E-state index in [0.717, 1.165) is 23.9 Å². The summed E-state index contributed by atoms with van der Waals surface area (Å²) in [5.41, 5.74) is 3.71. The summed E-state index contributed by atoms with van der Waals surface area (Å²) in [5.74, 6) is 1.29. The molecule has 4 aromatic carbocycles. The van der Waals surface area contributed by atoms with E-state index in [-0.39, 0.29) is 24.0 Å². The van der Waals surface area contributed by atoms with Crippen LogP contribution in [-0.4, -0.2) is 38.9 Å². The molecule has 0 saturated carbocycles. The van der Waals surface area contributed by atoms with Crippen molar-refractivity contribution in [2.24, 2.45) is 7.05 Å². The number of para-hydroxylation sites is 4. The SMILES string of the molecule is Cn1c(=O)n(CC(=O)Nc2ccc(C3CCN(C(=O)c4ccccc4Oc4ccccc4)CC3)cc2)c2ccccc21. The lowest BCUT2D eigenvalue weighted by Gasteiger charge is -2.32. The molecule has 1 aliphatic rings. The summed E-state index contributed by atoms with van der Waals surface area (Å²) in [4.78, 5) is 40.7. The van der Waals surface area contributed by atoms with Crippen LogP contribution in [0.1, 0.15) is 34.7 Å². The van der Waals surface area contributed by atoms with Crippen LogP contribution in [0.3, 0.4) is 0 Å². The van der Waals surface area contributed by atoms with Crippen molar-refractivity contribution in [3.63, 3.8) is 0 Å². The number of benzene rings is 4. The van der Waals surface area contributed by atoms with E-state index in [1.807, 2.05) is 108 Å². The molecule has 2 heterocycles. The van der Waals surface area contributed by atoms with Crippen molar-refractivity contribution in [3.8, 4) is 11.5 Å². The van der Waals surface area contributed by atoms with Gasteiger partial charge >= 0.3 is 5.69 Å². The second kappa shape index (κ2) is 11.8. The van der Waals surface area contributed by atoms with Crippen molar-refractivity contribution in [3.05, 3.63) is 125 Å². The van der Waals surface area contributed by atoms with Gasteiger partial charge in [0.25, 0.3) is 5.91 Å². The van der Waals surface area contributed by atoms with Gasteiger partial charge in [0.1, 0.15) is 18.0 Å². The minimum Gasteiger partial charge on any atom is -0.457 e. The first-order valence-electron chi connectivity index (χ1n) is 14.1.